The van der Waals surface area contributed by atoms with Crippen LogP contribution >= 0.6 is 11.6 Å². The fraction of sp³-hybridized carbons (Fsp3) is 0.333. The lowest BCUT2D eigenvalue weighted by Crippen LogP contribution is -2.52. The summed E-state index contributed by atoms with van der Waals surface area (Å²) in [6, 6.07) is 25.0. The number of benzene rings is 3. The van der Waals surface area contributed by atoms with E-state index in [0.29, 0.717) is 18.0 Å². The summed E-state index contributed by atoms with van der Waals surface area (Å²) in [5.74, 6) is -0.156. The molecular weight excluding hydrogens is 456 g/mol. The molecule has 2 amide bonds. The number of nitrogens with zero attached hydrogens (tertiary/aromatic N) is 1. The quantitative estimate of drug-likeness (QED) is 0.408. The van der Waals surface area contributed by atoms with E-state index in [1.165, 1.54) is 0 Å². The normalized spacial score (nSPS) is 14.5. The van der Waals surface area contributed by atoms with Crippen molar-refractivity contribution < 1.29 is 9.59 Å². The van der Waals surface area contributed by atoms with E-state index in [9.17, 15) is 9.59 Å². The highest BCUT2D eigenvalue weighted by Crippen LogP contribution is 2.21. The van der Waals surface area contributed by atoms with Gasteiger partial charge < -0.3 is 10.2 Å². The van der Waals surface area contributed by atoms with Gasteiger partial charge in [0.15, 0.2) is 0 Å². The zero-order chi connectivity index (χ0) is 24.6. The Morgan fingerprint density at radius 1 is 0.914 bits per heavy atom. The standard InChI is InChI=1S/C30H33ClN2O2/c1-22-14-16-24(17-15-22)20-29(34)33(21-25-10-7-11-26(31)18-25)28(19-23-8-3-2-4-9-23)30(35)32-27-12-5-6-13-27/h2-4,7-11,14-18,27-28H,5-6,12-13,19-21H2,1H3,(H,32,35)/t28-/m1/s1. The highest BCUT2D eigenvalue weighted by molar-refractivity contribution is 6.30. The highest BCUT2D eigenvalue weighted by Gasteiger charge is 2.32. The SMILES string of the molecule is Cc1ccc(CC(=O)N(Cc2cccc(Cl)c2)[C@H](Cc2ccccc2)C(=O)NC2CCCC2)cc1. The molecule has 35 heavy (non-hydrogen) atoms. The zero-order valence-electron chi connectivity index (χ0n) is 20.3. The van der Waals surface area contributed by atoms with Crippen LogP contribution in [0.15, 0.2) is 78.9 Å². The number of carbonyl (C=O) groups is 2. The maximum atomic E-state index is 13.8. The number of hydrogen-bond donors (Lipinski definition) is 1. The van der Waals surface area contributed by atoms with Crippen LogP contribution < -0.4 is 5.32 Å². The van der Waals surface area contributed by atoms with Crippen molar-refractivity contribution in [2.24, 2.45) is 0 Å². The Kier molecular flexibility index (Phi) is 8.59. The number of hydrogen-bond acceptors (Lipinski definition) is 2. The molecule has 0 aliphatic heterocycles. The second-order valence-corrected chi connectivity index (χ2v) is 9.95. The maximum Gasteiger partial charge on any atom is 0.243 e. The van der Waals surface area contributed by atoms with Gasteiger partial charge in [-0.1, -0.05) is 96.7 Å². The van der Waals surface area contributed by atoms with Gasteiger partial charge in [0.25, 0.3) is 0 Å². The van der Waals surface area contributed by atoms with Gasteiger partial charge in [-0.2, -0.15) is 0 Å². The fourth-order valence-corrected chi connectivity index (χ4v) is 4.95. The Labute approximate surface area is 213 Å². The van der Waals surface area contributed by atoms with Gasteiger partial charge in [0, 0.05) is 24.0 Å². The van der Waals surface area contributed by atoms with Gasteiger partial charge >= 0.3 is 0 Å². The molecule has 1 N–H and O–H groups in total. The average Bonchev–Trinajstić information content (AvgIpc) is 3.36. The van der Waals surface area contributed by atoms with Gasteiger partial charge in [-0.15, -0.1) is 0 Å². The number of carbonyl (C=O) groups excluding carboxylic acids is 2. The molecule has 1 aliphatic carbocycles. The van der Waals surface area contributed by atoms with Crippen molar-refractivity contribution in [3.8, 4) is 0 Å². The maximum absolute atomic E-state index is 13.8. The molecule has 0 unspecified atom stereocenters. The average molecular weight is 489 g/mol. The summed E-state index contributed by atoms with van der Waals surface area (Å²) in [6.45, 7) is 2.35. The monoisotopic (exact) mass is 488 g/mol. The van der Waals surface area contributed by atoms with Gasteiger partial charge in [0.05, 0.1) is 6.42 Å². The highest BCUT2D eigenvalue weighted by atomic mass is 35.5. The van der Waals surface area contributed by atoms with Gasteiger partial charge in [-0.3, -0.25) is 9.59 Å². The van der Waals surface area contributed by atoms with Crippen LogP contribution in [0.2, 0.25) is 5.02 Å². The first kappa shape index (κ1) is 25.0. The smallest absolute Gasteiger partial charge is 0.243 e. The lowest BCUT2D eigenvalue weighted by molar-refractivity contribution is -0.141. The molecule has 1 saturated carbocycles. The molecule has 3 aromatic carbocycles. The third kappa shape index (κ3) is 7.19. The number of nitrogens with one attached hydrogen (secondary N) is 1. The van der Waals surface area contributed by atoms with Crippen LogP contribution in [0.3, 0.4) is 0 Å². The molecular formula is C30H33ClN2O2. The molecule has 0 heterocycles. The second kappa shape index (κ2) is 12.0. The van der Waals surface area contributed by atoms with E-state index in [2.05, 4.69) is 5.32 Å². The third-order valence-electron chi connectivity index (χ3n) is 6.69. The van der Waals surface area contributed by atoms with Crippen molar-refractivity contribution in [3.05, 3.63) is 106 Å². The lowest BCUT2D eigenvalue weighted by Gasteiger charge is -2.32. The van der Waals surface area contributed by atoms with Crippen molar-refractivity contribution in [2.45, 2.75) is 64.1 Å². The topological polar surface area (TPSA) is 49.4 Å². The van der Waals surface area contributed by atoms with Crippen LogP contribution in [-0.4, -0.2) is 28.8 Å². The van der Waals surface area contributed by atoms with Crippen molar-refractivity contribution in [2.75, 3.05) is 0 Å². The van der Waals surface area contributed by atoms with E-state index in [0.717, 1.165) is 47.9 Å². The first-order valence-electron chi connectivity index (χ1n) is 12.4. The minimum Gasteiger partial charge on any atom is -0.352 e. The summed E-state index contributed by atoms with van der Waals surface area (Å²) in [6.07, 6.45) is 4.95. The van der Waals surface area contributed by atoms with E-state index >= 15 is 0 Å². The largest absolute Gasteiger partial charge is 0.352 e. The zero-order valence-corrected chi connectivity index (χ0v) is 21.0. The van der Waals surface area contributed by atoms with E-state index in [-0.39, 0.29) is 24.3 Å². The molecule has 1 atom stereocenters. The molecule has 4 nitrogen and oxygen atoms in total. The number of aryl methyl sites for hydroxylation is 1. The lowest BCUT2D eigenvalue weighted by atomic mass is 10.0. The van der Waals surface area contributed by atoms with Gasteiger partial charge in [0.1, 0.15) is 6.04 Å². The molecule has 1 aliphatic rings. The number of rotatable bonds is 9. The second-order valence-electron chi connectivity index (χ2n) is 9.51. The van der Waals surface area contributed by atoms with Crippen LogP contribution in [0.4, 0.5) is 0 Å². The Hall–Kier alpha value is -3.11. The predicted molar refractivity (Wildman–Crippen MR) is 141 cm³/mol. The molecule has 182 valence electrons. The van der Waals surface area contributed by atoms with E-state index in [1.54, 1.807) is 4.90 Å². The Morgan fingerprint density at radius 3 is 2.29 bits per heavy atom. The fourth-order valence-electron chi connectivity index (χ4n) is 4.74. The molecule has 5 heteroatoms. The van der Waals surface area contributed by atoms with Crippen LogP contribution in [0, 0.1) is 6.92 Å². The Morgan fingerprint density at radius 2 is 1.60 bits per heavy atom. The van der Waals surface area contributed by atoms with Crippen molar-refractivity contribution >= 4 is 23.4 Å². The van der Waals surface area contributed by atoms with E-state index in [4.69, 9.17) is 11.6 Å². The van der Waals surface area contributed by atoms with Gasteiger partial charge in [0.2, 0.25) is 11.8 Å². The molecule has 0 radical (unpaired) electrons. The minimum absolute atomic E-state index is 0.0728. The summed E-state index contributed by atoms with van der Waals surface area (Å²) in [5, 5.41) is 3.86. The molecule has 0 spiro atoms. The summed E-state index contributed by atoms with van der Waals surface area (Å²) < 4.78 is 0. The van der Waals surface area contributed by atoms with E-state index in [1.807, 2.05) is 85.8 Å². The first-order chi connectivity index (χ1) is 17.0. The van der Waals surface area contributed by atoms with Crippen LogP contribution in [0.25, 0.3) is 0 Å². The van der Waals surface area contributed by atoms with Gasteiger partial charge in [-0.05, 0) is 48.6 Å². The third-order valence-corrected chi connectivity index (χ3v) is 6.93. The molecule has 0 aromatic heterocycles. The van der Waals surface area contributed by atoms with Crippen molar-refractivity contribution in [1.29, 1.82) is 0 Å². The van der Waals surface area contributed by atoms with Crippen molar-refractivity contribution in [3.63, 3.8) is 0 Å². The number of halogens is 1. The minimum atomic E-state index is -0.616. The summed E-state index contributed by atoms with van der Waals surface area (Å²) in [4.78, 5) is 29.2. The van der Waals surface area contributed by atoms with Crippen LogP contribution in [0.5, 0.6) is 0 Å². The molecule has 3 aromatic rings. The molecule has 4 rings (SSSR count). The van der Waals surface area contributed by atoms with E-state index < -0.39 is 6.04 Å². The molecule has 0 bridgehead atoms. The molecule has 0 saturated heterocycles. The number of amides is 2. The Bertz CT molecular complexity index is 1120. The summed E-state index contributed by atoms with van der Waals surface area (Å²) in [5.41, 5.74) is 4.01. The molecule has 1 fully saturated rings. The van der Waals surface area contributed by atoms with Crippen LogP contribution in [0.1, 0.15) is 47.9 Å². The van der Waals surface area contributed by atoms with Crippen molar-refractivity contribution in [1.82, 2.24) is 10.2 Å². The van der Waals surface area contributed by atoms with Gasteiger partial charge in [-0.25, -0.2) is 0 Å². The summed E-state index contributed by atoms with van der Waals surface area (Å²) >= 11 is 6.25. The Balaban J connectivity index is 1.65. The predicted octanol–water partition coefficient (Wildman–Crippen LogP) is 5.89. The van der Waals surface area contributed by atoms with Crippen LogP contribution in [-0.2, 0) is 29.0 Å². The first-order valence-corrected chi connectivity index (χ1v) is 12.8. The summed E-state index contributed by atoms with van der Waals surface area (Å²) in [7, 11) is 0.